The number of carbonyl (C=O) groups excluding carboxylic acids is 2. The second-order valence-electron chi connectivity index (χ2n) is 7.97. The predicted molar refractivity (Wildman–Crippen MR) is 115 cm³/mol. The number of carbonyl (C=O) groups is 2. The monoisotopic (exact) mass is 447 g/mol. The number of hydrogen-bond acceptors (Lipinski definition) is 2. The molecule has 0 aliphatic carbocycles. The molecule has 2 N–H and O–H groups in total. The molecule has 4 heterocycles. The normalized spacial score (nSPS) is 21.3. The summed E-state index contributed by atoms with van der Waals surface area (Å²) in [6.07, 6.45) is 6.08. The average Bonchev–Trinajstić information content (AvgIpc) is 3.38. The van der Waals surface area contributed by atoms with E-state index in [1.54, 1.807) is 0 Å². The lowest BCUT2D eigenvalue weighted by Crippen LogP contribution is -2.21. The summed E-state index contributed by atoms with van der Waals surface area (Å²) in [4.78, 5) is 29.0. The maximum atomic E-state index is 12.9. The van der Waals surface area contributed by atoms with E-state index in [0.29, 0.717) is 0 Å². The second-order valence-corrected chi connectivity index (χ2v) is 8.89. The lowest BCUT2D eigenvalue weighted by atomic mass is 9.81. The number of aryl methyl sites for hydroxylation is 2. The maximum Gasteiger partial charge on any atom is 0.235 e. The summed E-state index contributed by atoms with van der Waals surface area (Å²) in [6.45, 7) is 1.03. The minimum atomic E-state index is -0.541. The summed E-state index contributed by atoms with van der Waals surface area (Å²) in [6, 6.07) is 12.3. The Morgan fingerprint density at radius 3 is 2.79 bits per heavy atom. The van der Waals surface area contributed by atoms with Crippen LogP contribution in [0, 0.1) is 0 Å². The van der Waals surface area contributed by atoms with E-state index >= 15 is 0 Å². The predicted octanol–water partition coefficient (Wildman–Crippen LogP) is 4.36. The standard InChI is InChI=1S/C23H18BrN3O2/c24-15-3-4-18-16(10-15)17(11-25-18)20-19(22(28)26-23(20)29)14-8-12-2-1-6-27-7-5-13(9-14)21(12)27/h3-5,7-11,19-20,25H,1-2,6H2,(H,26,28,29)/t19-,20-/m0/s1. The third kappa shape index (κ3) is 2.45. The zero-order valence-electron chi connectivity index (χ0n) is 15.5. The Labute approximate surface area is 175 Å². The quantitative estimate of drug-likeness (QED) is 0.448. The summed E-state index contributed by atoms with van der Waals surface area (Å²) >= 11 is 3.52. The van der Waals surface area contributed by atoms with Gasteiger partial charge in [0, 0.05) is 39.7 Å². The molecule has 2 aliphatic heterocycles. The molecular weight excluding hydrogens is 430 g/mol. The largest absolute Gasteiger partial charge is 0.361 e. The van der Waals surface area contributed by atoms with E-state index in [9.17, 15) is 9.59 Å². The SMILES string of the molecule is O=C1NC(=O)[C@@H](c2c[nH]c3ccc(Br)cc23)[C@@H]1c1cc2c3c(ccn3CCC2)c1. The van der Waals surface area contributed by atoms with Crippen LogP contribution in [0.1, 0.15) is 34.9 Å². The topological polar surface area (TPSA) is 66.9 Å². The summed E-state index contributed by atoms with van der Waals surface area (Å²) in [5, 5.41) is 4.69. The van der Waals surface area contributed by atoms with Crippen LogP contribution < -0.4 is 5.32 Å². The van der Waals surface area contributed by atoms with Crippen molar-refractivity contribution in [2.75, 3.05) is 0 Å². The van der Waals surface area contributed by atoms with Gasteiger partial charge in [0.05, 0.1) is 17.4 Å². The number of aromatic amines is 1. The van der Waals surface area contributed by atoms with Crippen molar-refractivity contribution in [3.63, 3.8) is 0 Å². The van der Waals surface area contributed by atoms with Gasteiger partial charge in [0.25, 0.3) is 0 Å². The average molecular weight is 448 g/mol. The van der Waals surface area contributed by atoms with Gasteiger partial charge in [0.15, 0.2) is 0 Å². The minimum Gasteiger partial charge on any atom is -0.361 e. The molecule has 144 valence electrons. The minimum absolute atomic E-state index is 0.217. The Hall–Kier alpha value is -2.86. The van der Waals surface area contributed by atoms with Crippen molar-refractivity contribution in [3.8, 4) is 0 Å². The number of nitrogens with one attached hydrogen (secondary N) is 2. The Morgan fingerprint density at radius 1 is 1.03 bits per heavy atom. The van der Waals surface area contributed by atoms with Gasteiger partial charge in [-0.25, -0.2) is 0 Å². The Bertz CT molecular complexity index is 1330. The molecule has 2 atom stereocenters. The number of rotatable bonds is 2. The van der Waals surface area contributed by atoms with Gasteiger partial charge in [-0.3, -0.25) is 14.9 Å². The Kier molecular flexibility index (Phi) is 3.56. The zero-order chi connectivity index (χ0) is 19.7. The van der Waals surface area contributed by atoms with Crippen LogP contribution in [0.2, 0.25) is 0 Å². The summed E-state index contributed by atoms with van der Waals surface area (Å²) in [5.41, 5.74) is 5.26. The lowest BCUT2D eigenvalue weighted by molar-refractivity contribution is -0.125. The second kappa shape index (κ2) is 6.07. The van der Waals surface area contributed by atoms with Crippen LogP contribution in [0.4, 0.5) is 0 Å². The molecule has 29 heavy (non-hydrogen) atoms. The van der Waals surface area contributed by atoms with Crippen molar-refractivity contribution in [1.82, 2.24) is 14.9 Å². The van der Waals surface area contributed by atoms with Crippen LogP contribution in [-0.4, -0.2) is 21.4 Å². The first-order valence-corrected chi connectivity index (χ1v) is 10.6. The molecule has 6 heteroatoms. The van der Waals surface area contributed by atoms with Gasteiger partial charge in [0.2, 0.25) is 11.8 Å². The third-order valence-corrected chi connectivity index (χ3v) is 6.81. The van der Waals surface area contributed by atoms with E-state index in [0.717, 1.165) is 51.3 Å². The fourth-order valence-electron chi connectivity index (χ4n) is 5.08. The molecule has 2 amide bonds. The number of H-pyrrole nitrogens is 1. The number of benzene rings is 2. The van der Waals surface area contributed by atoms with Crippen LogP contribution >= 0.6 is 15.9 Å². The molecule has 1 fully saturated rings. The van der Waals surface area contributed by atoms with Crippen molar-refractivity contribution in [1.29, 1.82) is 0 Å². The van der Waals surface area contributed by atoms with Crippen molar-refractivity contribution >= 4 is 49.6 Å². The Balaban J connectivity index is 1.54. The highest BCUT2D eigenvalue weighted by atomic mass is 79.9. The van der Waals surface area contributed by atoms with E-state index in [2.05, 4.69) is 55.2 Å². The van der Waals surface area contributed by atoms with Gasteiger partial charge >= 0.3 is 0 Å². The van der Waals surface area contributed by atoms with Crippen molar-refractivity contribution in [3.05, 3.63) is 70.0 Å². The van der Waals surface area contributed by atoms with E-state index in [-0.39, 0.29) is 11.8 Å². The molecule has 2 aliphatic rings. The van der Waals surface area contributed by atoms with E-state index in [4.69, 9.17) is 0 Å². The first-order chi connectivity index (χ1) is 14.1. The number of fused-ring (bicyclic) bond motifs is 1. The van der Waals surface area contributed by atoms with Gasteiger partial charge in [0.1, 0.15) is 0 Å². The van der Waals surface area contributed by atoms with Gasteiger partial charge in [-0.15, -0.1) is 0 Å². The highest BCUT2D eigenvalue weighted by Gasteiger charge is 2.44. The third-order valence-electron chi connectivity index (χ3n) is 6.32. The molecule has 2 aromatic carbocycles. The molecule has 0 unspecified atom stereocenters. The number of amides is 2. The molecule has 5 nitrogen and oxygen atoms in total. The Morgan fingerprint density at radius 2 is 1.90 bits per heavy atom. The number of hydrogen-bond donors (Lipinski definition) is 2. The highest BCUT2D eigenvalue weighted by molar-refractivity contribution is 9.10. The first kappa shape index (κ1) is 17.0. The molecular formula is C23H18BrN3O2. The van der Waals surface area contributed by atoms with Gasteiger partial charge in [-0.05, 0) is 59.9 Å². The van der Waals surface area contributed by atoms with Crippen LogP contribution in [0.3, 0.4) is 0 Å². The zero-order valence-corrected chi connectivity index (χ0v) is 17.1. The molecule has 0 spiro atoms. The molecule has 0 bridgehead atoms. The van der Waals surface area contributed by atoms with Gasteiger partial charge in [-0.2, -0.15) is 0 Å². The summed E-state index contributed by atoms with van der Waals surface area (Å²) in [7, 11) is 0. The lowest BCUT2D eigenvalue weighted by Gasteiger charge is -2.20. The molecule has 0 radical (unpaired) electrons. The fourth-order valence-corrected chi connectivity index (χ4v) is 5.44. The van der Waals surface area contributed by atoms with Crippen LogP contribution in [-0.2, 0) is 22.6 Å². The van der Waals surface area contributed by atoms with Crippen molar-refractivity contribution < 1.29 is 9.59 Å². The van der Waals surface area contributed by atoms with Crippen LogP contribution in [0.25, 0.3) is 21.8 Å². The van der Waals surface area contributed by atoms with Crippen molar-refractivity contribution in [2.45, 2.75) is 31.2 Å². The number of aromatic nitrogens is 2. The number of nitrogens with zero attached hydrogens (tertiary/aromatic N) is 1. The maximum absolute atomic E-state index is 12.9. The molecule has 4 aromatic rings. The number of halogens is 1. The van der Waals surface area contributed by atoms with Gasteiger partial charge in [-0.1, -0.05) is 22.0 Å². The van der Waals surface area contributed by atoms with E-state index < -0.39 is 11.8 Å². The van der Waals surface area contributed by atoms with Crippen molar-refractivity contribution in [2.24, 2.45) is 0 Å². The fraction of sp³-hybridized carbons (Fsp3) is 0.217. The molecule has 6 rings (SSSR count). The smallest absolute Gasteiger partial charge is 0.235 e. The first-order valence-electron chi connectivity index (χ1n) is 9.83. The molecule has 1 saturated heterocycles. The number of imide groups is 1. The molecule has 0 saturated carbocycles. The van der Waals surface area contributed by atoms with E-state index in [1.165, 1.54) is 11.1 Å². The highest BCUT2D eigenvalue weighted by Crippen LogP contribution is 2.42. The molecule has 2 aromatic heterocycles. The summed E-state index contributed by atoms with van der Waals surface area (Å²) < 4.78 is 3.23. The van der Waals surface area contributed by atoms with Crippen LogP contribution in [0.5, 0.6) is 0 Å². The van der Waals surface area contributed by atoms with Crippen LogP contribution in [0.15, 0.2) is 53.3 Å². The van der Waals surface area contributed by atoms with Gasteiger partial charge < -0.3 is 9.55 Å². The summed E-state index contributed by atoms with van der Waals surface area (Å²) in [5.74, 6) is -1.51. The van der Waals surface area contributed by atoms with E-state index in [1.807, 2.05) is 24.4 Å².